The van der Waals surface area contributed by atoms with Crippen molar-refractivity contribution in [2.45, 2.75) is 46.1 Å². The van der Waals surface area contributed by atoms with Gasteiger partial charge in [0.2, 0.25) is 0 Å². The van der Waals surface area contributed by atoms with E-state index in [-0.39, 0.29) is 0 Å². The summed E-state index contributed by atoms with van der Waals surface area (Å²) in [4.78, 5) is 4.60. The molecule has 1 unspecified atom stereocenters. The van der Waals surface area contributed by atoms with Crippen molar-refractivity contribution in [3.05, 3.63) is 29.6 Å². The van der Waals surface area contributed by atoms with Crippen molar-refractivity contribution >= 4 is 11.0 Å². The van der Waals surface area contributed by atoms with Crippen LogP contribution in [-0.4, -0.2) is 22.1 Å². The van der Waals surface area contributed by atoms with Crippen LogP contribution in [0.5, 0.6) is 0 Å². The fourth-order valence-electron chi connectivity index (χ4n) is 2.44. The lowest BCUT2D eigenvalue weighted by atomic mass is 10.1. The van der Waals surface area contributed by atoms with Crippen molar-refractivity contribution in [2.75, 3.05) is 6.54 Å². The van der Waals surface area contributed by atoms with E-state index >= 15 is 0 Å². The minimum Gasteiger partial charge on any atom is -0.331 e. The first-order valence-electron chi connectivity index (χ1n) is 7.27. The quantitative estimate of drug-likeness (QED) is 0.807. The molecular formula is C16H25N3. The van der Waals surface area contributed by atoms with E-state index in [0.717, 1.165) is 24.3 Å². The van der Waals surface area contributed by atoms with Gasteiger partial charge >= 0.3 is 0 Å². The summed E-state index contributed by atoms with van der Waals surface area (Å²) in [5.74, 6) is 1.07. The first-order chi connectivity index (χ1) is 9.11. The van der Waals surface area contributed by atoms with Crippen LogP contribution in [0, 0.1) is 6.92 Å². The fraction of sp³-hybridized carbons (Fsp3) is 0.562. The molecule has 1 aromatic carbocycles. The summed E-state index contributed by atoms with van der Waals surface area (Å²) < 4.78 is 2.14. The van der Waals surface area contributed by atoms with Gasteiger partial charge in [0.05, 0.1) is 11.0 Å². The number of imidazole rings is 1. The van der Waals surface area contributed by atoms with Gasteiger partial charge in [-0.05, 0) is 50.9 Å². The molecule has 3 heteroatoms. The number of benzene rings is 1. The van der Waals surface area contributed by atoms with Crippen LogP contribution < -0.4 is 5.32 Å². The minimum absolute atomic E-state index is 0.522. The molecule has 2 aromatic rings. The lowest BCUT2D eigenvalue weighted by Gasteiger charge is -2.13. The third-order valence-corrected chi connectivity index (χ3v) is 3.73. The van der Waals surface area contributed by atoms with Crippen molar-refractivity contribution in [3.63, 3.8) is 0 Å². The second kappa shape index (κ2) is 6.20. The average molecular weight is 259 g/mol. The minimum atomic E-state index is 0.522. The fourth-order valence-corrected chi connectivity index (χ4v) is 2.44. The Bertz CT molecular complexity index is 542. The Morgan fingerprint density at radius 1 is 1.37 bits per heavy atom. The highest BCUT2D eigenvalue weighted by Gasteiger charge is 2.07. The zero-order valence-corrected chi connectivity index (χ0v) is 12.5. The number of hydrogen-bond acceptors (Lipinski definition) is 2. The van der Waals surface area contributed by atoms with Gasteiger partial charge in [-0.2, -0.15) is 0 Å². The number of unbranched alkanes of at least 4 members (excludes halogenated alkanes) is 1. The smallest absolute Gasteiger partial charge is 0.106 e. The molecule has 0 fully saturated rings. The van der Waals surface area contributed by atoms with E-state index in [2.05, 4.69) is 60.9 Å². The molecule has 0 aliphatic carbocycles. The SMILES string of the molecule is CCCCNC(C)Cc1ccc2c(c1)nc(C)n2C. The lowest BCUT2D eigenvalue weighted by molar-refractivity contribution is 0.531. The molecule has 0 spiro atoms. The lowest BCUT2D eigenvalue weighted by Crippen LogP contribution is -2.28. The highest BCUT2D eigenvalue weighted by atomic mass is 15.0. The first-order valence-corrected chi connectivity index (χ1v) is 7.27. The van der Waals surface area contributed by atoms with Gasteiger partial charge in [-0.25, -0.2) is 4.98 Å². The van der Waals surface area contributed by atoms with Crippen LogP contribution in [0.1, 0.15) is 38.1 Å². The van der Waals surface area contributed by atoms with Crippen LogP contribution in [0.25, 0.3) is 11.0 Å². The van der Waals surface area contributed by atoms with Crippen LogP contribution in [0.3, 0.4) is 0 Å². The molecule has 0 saturated heterocycles. The average Bonchev–Trinajstić information content (AvgIpc) is 2.65. The van der Waals surface area contributed by atoms with E-state index in [9.17, 15) is 0 Å². The molecule has 1 N–H and O–H groups in total. The number of aryl methyl sites for hydroxylation is 2. The van der Waals surface area contributed by atoms with Gasteiger partial charge in [0, 0.05) is 13.1 Å². The largest absolute Gasteiger partial charge is 0.331 e. The Labute approximate surface area is 116 Å². The Morgan fingerprint density at radius 2 is 2.16 bits per heavy atom. The van der Waals surface area contributed by atoms with Crippen molar-refractivity contribution in [1.29, 1.82) is 0 Å². The van der Waals surface area contributed by atoms with E-state index in [0.29, 0.717) is 6.04 Å². The summed E-state index contributed by atoms with van der Waals surface area (Å²) in [5, 5.41) is 3.57. The van der Waals surface area contributed by atoms with Gasteiger partial charge < -0.3 is 9.88 Å². The molecule has 0 bridgehead atoms. The highest BCUT2D eigenvalue weighted by molar-refractivity contribution is 5.76. The molecule has 2 rings (SSSR count). The van der Waals surface area contributed by atoms with Gasteiger partial charge in [-0.1, -0.05) is 19.4 Å². The molecule has 0 amide bonds. The number of rotatable bonds is 6. The predicted molar refractivity (Wildman–Crippen MR) is 81.5 cm³/mol. The molecule has 0 aliphatic rings. The second-order valence-corrected chi connectivity index (χ2v) is 5.45. The molecular weight excluding hydrogens is 234 g/mol. The van der Waals surface area contributed by atoms with Crippen LogP contribution in [0.4, 0.5) is 0 Å². The summed E-state index contributed by atoms with van der Waals surface area (Å²) in [6.45, 7) is 7.64. The second-order valence-electron chi connectivity index (χ2n) is 5.45. The molecule has 3 nitrogen and oxygen atoms in total. The number of nitrogens with one attached hydrogen (secondary N) is 1. The number of hydrogen-bond donors (Lipinski definition) is 1. The van der Waals surface area contributed by atoms with Crippen LogP contribution in [0.2, 0.25) is 0 Å². The van der Waals surface area contributed by atoms with Gasteiger partial charge in [-0.3, -0.25) is 0 Å². The number of nitrogens with zero attached hydrogens (tertiary/aromatic N) is 2. The topological polar surface area (TPSA) is 29.9 Å². The maximum Gasteiger partial charge on any atom is 0.106 e. The van der Waals surface area contributed by atoms with Gasteiger partial charge in [0.15, 0.2) is 0 Å². The molecule has 1 atom stereocenters. The van der Waals surface area contributed by atoms with Crippen molar-refractivity contribution < 1.29 is 0 Å². The standard InChI is InChI=1S/C16H25N3/c1-5-6-9-17-12(2)10-14-7-8-16-15(11-14)18-13(3)19(16)4/h7-8,11-12,17H,5-6,9-10H2,1-4H3. The Morgan fingerprint density at radius 3 is 2.89 bits per heavy atom. The maximum atomic E-state index is 4.60. The Balaban J connectivity index is 2.05. The van der Waals surface area contributed by atoms with Crippen molar-refractivity contribution in [3.8, 4) is 0 Å². The Kier molecular flexibility index (Phi) is 4.59. The molecule has 1 heterocycles. The third-order valence-electron chi connectivity index (χ3n) is 3.73. The predicted octanol–water partition coefficient (Wildman–Crippen LogP) is 3.20. The van der Waals surface area contributed by atoms with E-state index in [4.69, 9.17) is 0 Å². The van der Waals surface area contributed by atoms with Crippen LogP contribution in [0.15, 0.2) is 18.2 Å². The zero-order valence-electron chi connectivity index (χ0n) is 12.5. The van der Waals surface area contributed by atoms with Crippen LogP contribution >= 0.6 is 0 Å². The molecule has 104 valence electrons. The summed E-state index contributed by atoms with van der Waals surface area (Å²) in [6.07, 6.45) is 3.57. The molecule has 0 aliphatic heterocycles. The highest BCUT2D eigenvalue weighted by Crippen LogP contribution is 2.17. The van der Waals surface area contributed by atoms with E-state index in [1.54, 1.807) is 0 Å². The Hall–Kier alpha value is -1.35. The molecule has 0 radical (unpaired) electrons. The van der Waals surface area contributed by atoms with E-state index < -0.39 is 0 Å². The molecule has 1 aromatic heterocycles. The van der Waals surface area contributed by atoms with Gasteiger partial charge in [0.25, 0.3) is 0 Å². The third kappa shape index (κ3) is 3.35. The monoisotopic (exact) mass is 259 g/mol. The van der Waals surface area contributed by atoms with E-state index in [1.165, 1.54) is 23.9 Å². The zero-order chi connectivity index (χ0) is 13.8. The maximum absolute atomic E-state index is 4.60. The summed E-state index contributed by atoms with van der Waals surface area (Å²) in [6, 6.07) is 7.15. The summed E-state index contributed by atoms with van der Waals surface area (Å²) in [7, 11) is 2.07. The first kappa shape index (κ1) is 14.1. The van der Waals surface area contributed by atoms with Gasteiger partial charge in [-0.15, -0.1) is 0 Å². The van der Waals surface area contributed by atoms with E-state index in [1.807, 2.05) is 0 Å². The normalized spacial score (nSPS) is 13.1. The van der Waals surface area contributed by atoms with Crippen molar-refractivity contribution in [1.82, 2.24) is 14.9 Å². The van der Waals surface area contributed by atoms with Gasteiger partial charge in [0.1, 0.15) is 5.82 Å². The number of fused-ring (bicyclic) bond motifs is 1. The molecule has 0 saturated carbocycles. The van der Waals surface area contributed by atoms with Crippen molar-refractivity contribution in [2.24, 2.45) is 7.05 Å². The summed E-state index contributed by atoms with van der Waals surface area (Å²) >= 11 is 0. The van der Waals surface area contributed by atoms with Crippen LogP contribution in [-0.2, 0) is 13.5 Å². The number of aromatic nitrogens is 2. The summed E-state index contributed by atoms with van der Waals surface area (Å²) in [5.41, 5.74) is 3.69. The molecule has 19 heavy (non-hydrogen) atoms.